The minimum absolute atomic E-state index is 0.152. The molecule has 126 valence electrons. The van der Waals surface area contributed by atoms with Crippen molar-refractivity contribution in [1.29, 1.82) is 0 Å². The fraction of sp³-hybridized carbons (Fsp3) is 0.368. The zero-order chi connectivity index (χ0) is 16.6. The summed E-state index contributed by atoms with van der Waals surface area (Å²) in [6.07, 6.45) is 4.93. The third kappa shape index (κ3) is 4.72. The maximum atomic E-state index is 11.8. The third-order valence-corrected chi connectivity index (χ3v) is 4.09. The molecule has 5 nitrogen and oxygen atoms in total. The Balaban J connectivity index is 1.35. The largest absolute Gasteiger partial charge is 0.490 e. The Kier molecular flexibility index (Phi) is 5.66. The molecule has 0 saturated heterocycles. The standard InChI is InChI=1S/C19H22N2O3/c22-19(16-5-4-6-16)21-14-15-9-10-18(20-13-15)24-12-11-23-17-7-2-1-3-8-17/h1-3,7-10,13,16H,4-6,11-12,14H2,(H,21,22). The van der Waals surface area contributed by atoms with Crippen molar-refractivity contribution in [1.82, 2.24) is 10.3 Å². The van der Waals surface area contributed by atoms with Crippen molar-refractivity contribution in [2.45, 2.75) is 25.8 Å². The van der Waals surface area contributed by atoms with Crippen LogP contribution in [0.25, 0.3) is 0 Å². The van der Waals surface area contributed by atoms with Gasteiger partial charge >= 0.3 is 0 Å². The van der Waals surface area contributed by atoms with Gasteiger partial charge in [0.1, 0.15) is 19.0 Å². The van der Waals surface area contributed by atoms with Gasteiger partial charge in [-0.25, -0.2) is 4.98 Å². The normalized spacial score (nSPS) is 13.8. The molecule has 5 heteroatoms. The van der Waals surface area contributed by atoms with E-state index in [1.54, 1.807) is 6.20 Å². The van der Waals surface area contributed by atoms with Crippen LogP contribution < -0.4 is 14.8 Å². The highest BCUT2D eigenvalue weighted by atomic mass is 16.5. The number of benzene rings is 1. The molecule has 0 atom stereocenters. The van der Waals surface area contributed by atoms with Gasteiger partial charge in [0.15, 0.2) is 0 Å². The summed E-state index contributed by atoms with van der Waals surface area (Å²) in [5.74, 6) is 1.75. The molecule has 1 amide bonds. The summed E-state index contributed by atoms with van der Waals surface area (Å²) in [5.41, 5.74) is 0.968. The Hall–Kier alpha value is -2.56. The summed E-state index contributed by atoms with van der Waals surface area (Å²) in [5, 5.41) is 2.95. The number of nitrogens with one attached hydrogen (secondary N) is 1. The summed E-state index contributed by atoms with van der Waals surface area (Å²) in [6, 6.07) is 13.4. The molecule has 0 bridgehead atoms. The molecule has 1 aromatic carbocycles. The van der Waals surface area contributed by atoms with E-state index >= 15 is 0 Å². The summed E-state index contributed by atoms with van der Waals surface area (Å²) >= 11 is 0. The number of rotatable bonds is 8. The van der Waals surface area contributed by atoms with Crippen molar-refractivity contribution >= 4 is 5.91 Å². The number of carbonyl (C=O) groups is 1. The van der Waals surface area contributed by atoms with Crippen LogP contribution >= 0.6 is 0 Å². The molecule has 1 heterocycles. The Labute approximate surface area is 142 Å². The molecule has 0 spiro atoms. The van der Waals surface area contributed by atoms with Crippen molar-refractivity contribution in [3.8, 4) is 11.6 Å². The van der Waals surface area contributed by atoms with E-state index in [-0.39, 0.29) is 11.8 Å². The van der Waals surface area contributed by atoms with Gasteiger partial charge in [0.25, 0.3) is 0 Å². The molecule has 24 heavy (non-hydrogen) atoms. The van der Waals surface area contributed by atoms with E-state index in [0.29, 0.717) is 25.6 Å². The monoisotopic (exact) mass is 326 g/mol. The van der Waals surface area contributed by atoms with Gasteiger partial charge in [-0.05, 0) is 30.5 Å². The summed E-state index contributed by atoms with van der Waals surface area (Å²) in [4.78, 5) is 16.0. The van der Waals surface area contributed by atoms with Crippen LogP contribution in [-0.4, -0.2) is 24.1 Å². The molecular weight excluding hydrogens is 304 g/mol. The number of hydrogen-bond donors (Lipinski definition) is 1. The summed E-state index contributed by atoms with van der Waals surface area (Å²) in [7, 11) is 0. The number of pyridine rings is 1. The highest BCUT2D eigenvalue weighted by Crippen LogP contribution is 2.26. The first-order chi connectivity index (χ1) is 11.8. The maximum absolute atomic E-state index is 11.8. The highest BCUT2D eigenvalue weighted by Gasteiger charge is 2.24. The van der Waals surface area contributed by atoms with Gasteiger partial charge < -0.3 is 14.8 Å². The first kappa shape index (κ1) is 16.3. The third-order valence-electron chi connectivity index (χ3n) is 4.09. The van der Waals surface area contributed by atoms with Gasteiger partial charge in [-0.2, -0.15) is 0 Å². The van der Waals surface area contributed by atoms with Gasteiger partial charge in [-0.1, -0.05) is 30.7 Å². The Bertz CT molecular complexity index is 639. The van der Waals surface area contributed by atoms with Gasteiger partial charge in [-0.15, -0.1) is 0 Å². The number of nitrogens with zero attached hydrogens (tertiary/aromatic N) is 1. The van der Waals surface area contributed by atoms with Crippen molar-refractivity contribution < 1.29 is 14.3 Å². The SMILES string of the molecule is O=C(NCc1ccc(OCCOc2ccccc2)nc1)C1CCC1. The number of aromatic nitrogens is 1. The lowest BCUT2D eigenvalue weighted by Gasteiger charge is -2.23. The van der Waals surface area contributed by atoms with Gasteiger partial charge in [-0.3, -0.25) is 4.79 Å². The Morgan fingerprint density at radius 3 is 2.54 bits per heavy atom. The second kappa shape index (κ2) is 8.34. The molecule has 1 fully saturated rings. The number of ether oxygens (including phenoxy) is 2. The predicted octanol–water partition coefficient (Wildman–Crippen LogP) is 2.96. The first-order valence-electron chi connectivity index (χ1n) is 8.34. The average Bonchev–Trinajstić information content (AvgIpc) is 2.57. The molecule has 1 saturated carbocycles. The van der Waals surface area contributed by atoms with E-state index in [0.717, 1.165) is 24.2 Å². The zero-order valence-electron chi connectivity index (χ0n) is 13.6. The molecule has 2 aromatic rings. The Morgan fingerprint density at radius 1 is 1.08 bits per heavy atom. The van der Waals surface area contributed by atoms with Gasteiger partial charge in [0.05, 0.1) is 0 Å². The number of amides is 1. The second-order valence-electron chi connectivity index (χ2n) is 5.86. The minimum Gasteiger partial charge on any atom is -0.490 e. The summed E-state index contributed by atoms with van der Waals surface area (Å²) in [6.45, 7) is 1.41. The number of para-hydroxylation sites is 1. The lowest BCUT2D eigenvalue weighted by molar-refractivity contribution is -0.127. The maximum Gasteiger partial charge on any atom is 0.223 e. The van der Waals surface area contributed by atoms with Gasteiger partial charge in [0.2, 0.25) is 11.8 Å². The van der Waals surface area contributed by atoms with E-state index in [2.05, 4.69) is 10.3 Å². The average molecular weight is 326 g/mol. The predicted molar refractivity (Wildman–Crippen MR) is 90.9 cm³/mol. The molecule has 1 aromatic heterocycles. The van der Waals surface area contributed by atoms with Crippen molar-refractivity contribution in [3.05, 3.63) is 54.2 Å². The van der Waals surface area contributed by atoms with E-state index < -0.39 is 0 Å². The van der Waals surface area contributed by atoms with Crippen LogP contribution in [0.2, 0.25) is 0 Å². The Morgan fingerprint density at radius 2 is 1.88 bits per heavy atom. The lowest BCUT2D eigenvalue weighted by atomic mass is 9.85. The molecule has 0 unspecified atom stereocenters. The molecule has 0 aliphatic heterocycles. The van der Waals surface area contributed by atoms with Crippen LogP contribution in [0.1, 0.15) is 24.8 Å². The molecule has 1 aliphatic rings. The molecule has 0 radical (unpaired) electrons. The van der Waals surface area contributed by atoms with Crippen LogP contribution in [0.4, 0.5) is 0 Å². The van der Waals surface area contributed by atoms with Gasteiger partial charge in [0, 0.05) is 24.7 Å². The van der Waals surface area contributed by atoms with Crippen LogP contribution in [0.15, 0.2) is 48.7 Å². The van der Waals surface area contributed by atoms with Crippen LogP contribution in [0.3, 0.4) is 0 Å². The lowest BCUT2D eigenvalue weighted by Crippen LogP contribution is -2.33. The van der Waals surface area contributed by atoms with E-state index in [9.17, 15) is 4.79 Å². The number of carbonyl (C=O) groups excluding carboxylic acids is 1. The smallest absolute Gasteiger partial charge is 0.223 e. The van der Waals surface area contributed by atoms with Crippen LogP contribution in [0.5, 0.6) is 11.6 Å². The van der Waals surface area contributed by atoms with E-state index in [1.807, 2.05) is 42.5 Å². The molecule has 1 aliphatic carbocycles. The van der Waals surface area contributed by atoms with E-state index in [1.165, 1.54) is 6.42 Å². The molecule has 3 rings (SSSR count). The van der Waals surface area contributed by atoms with Crippen LogP contribution in [-0.2, 0) is 11.3 Å². The number of hydrogen-bond acceptors (Lipinski definition) is 4. The second-order valence-corrected chi connectivity index (χ2v) is 5.86. The first-order valence-corrected chi connectivity index (χ1v) is 8.34. The molecule has 1 N–H and O–H groups in total. The fourth-order valence-electron chi connectivity index (χ4n) is 2.43. The van der Waals surface area contributed by atoms with E-state index in [4.69, 9.17) is 9.47 Å². The quantitative estimate of drug-likeness (QED) is 0.758. The van der Waals surface area contributed by atoms with Crippen LogP contribution in [0, 0.1) is 5.92 Å². The summed E-state index contributed by atoms with van der Waals surface area (Å²) < 4.78 is 11.1. The van der Waals surface area contributed by atoms with Crippen molar-refractivity contribution in [2.75, 3.05) is 13.2 Å². The highest BCUT2D eigenvalue weighted by molar-refractivity contribution is 5.79. The fourth-order valence-corrected chi connectivity index (χ4v) is 2.43. The molecular formula is C19H22N2O3. The van der Waals surface area contributed by atoms with Crippen molar-refractivity contribution in [3.63, 3.8) is 0 Å². The zero-order valence-corrected chi connectivity index (χ0v) is 13.6. The van der Waals surface area contributed by atoms with Crippen molar-refractivity contribution in [2.24, 2.45) is 5.92 Å². The minimum atomic E-state index is 0.152. The topological polar surface area (TPSA) is 60.5 Å².